The van der Waals surface area contributed by atoms with Crippen molar-refractivity contribution in [3.8, 4) is 11.5 Å². The van der Waals surface area contributed by atoms with Crippen molar-refractivity contribution in [2.24, 2.45) is 0 Å². The van der Waals surface area contributed by atoms with Crippen molar-refractivity contribution in [3.63, 3.8) is 0 Å². The van der Waals surface area contributed by atoms with Crippen LogP contribution in [0.5, 0.6) is 11.5 Å². The molecule has 0 aliphatic rings. The van der Waals surface area contributed by atoms with E-state index in [0.29, 0.717) is 17.2 Å². The smallest absolute Gasteiger partial charge is 0.336 e. The van der Waals surface area contributed by atoms with Gasteiger partial charge in [-0.05, 0) is 12.1 Å². The number of hydrogen-bond donors (Lipinski definition) is 2. The van der Waals surface area contributed by atoms with Crippen LogP contribution >= 0.6 is 0 Å². The van der Waals surface area contributed by atoms with Gasteiger partial charge in [0.25, 0.3) is 5.91 Å². The number of benzene rings is 2. The molecule has 0 unspecified atom stereocenters. The Morgan fingerprint density at radius 3 is 2.00 bits per heavy atom. The maximum absolute atomic E-state index is 12.3. The van der Waals surface area contributed by atoms with E-state index < -0.39 is 11.9 Å². The standard InChI is InChI=1S/C16H15NO5/c1-21-11-7-10(8-12(9-11)22-2)17-15(18)13-5-3-4-6-14(13)16(19)20/h3-9H,1-2H3,(H,17,18)(H,19,20). The third-order valence-corrected chi connectivity index (χ3v) is 3.01. The molecule has 0 saturated carbocycles. The summed E-state index contributed by atoms with van der Waals surface area (Å²) in [5, 5.41) is 11.8. The molecule has 0 aliphatic carbocycles. The van der Waals surface area contributed by atoms with Gasteiger partial charge in [-0.3, -0.25) is 4.79 Å². The van der Waals surface area contributed by atoms with Crippen molar-refractivity contribution >= 4 is 17.6 Å². The van der Waals surface area contributed by atoms with Gasteiger partial charge >= 0.3 is 5.97 Å². The van der Waals surface area contributed by atoms with Crippen LogP contribution in [-0.2, 0) is 0 Å². The average Bonchev–Trinajstić information content (AvgIpc) is 2.54. The number of methoxy groups -OCH3 is 2. The molecule has 0 heterocycles. The van der Waals surface area contributed by atoms with Gasteiger partial charge in [0.15, 0.2) is 0 Å². The van der Waals surface area contributed by atoms with E-state index in [2.05, 4.69) is 5.32 Å². The zero-order chi connectivity index (χ0) is 16.1. The van der Waals surface area contributed by atoms with Crippen LogP contribution in [0.15, 0.2) is 42.5 Å². The molecular weight excluding hydrogens is 286 g/mol. The Morgan fingerprint density at radius 2 is 1.50 bits per heavy atom. The molecule has 0 atom stereocenters. The Balaban J connectivity index is 2.31. The van der Waals surface area contributed by atoms with E-state index in [0.717, 1.165) is 0 Å². The molecule has 2 N–H and O–H groups in total. The number of carbonyl (C=O) groups excluding carboxylic acids is 1. The molecule has 6 heteroatoms. The second-order valence-electron chi connectivity index (χ2n) is 4.41. The number of rotatable bonds is 5. The third kappa shape index (κ3) is 3.35. The molecule has 114 valence electrons. The van der Waals surface area contributed by atoms with Crippen molar-refractivity contribution in [1.82, 2.24) is 0 Å². The number of carboxylic acid groups (broad SMARTS) is 1. The minimum Gasteiger partial charge on any atom is -0.497 e. The molecule has 0 saturated heterocycles. The molecule has 6 nitrogen and oxygen atoms in total. The summed E-state index contributed by atoms with van der Waals surface area (Å²) in [6.07, 6.45) is 0. The second-order valence-corrected chi connectivity index (χ2v) is 4.41. The lowest BCUT2D eigenvalue weighted by Crippen LogP contribution is -2.16. The van der Waals surface area contributed by atoms with E-state index in [-0.39, 0.29) is 11.1 Å². The molecule has 2 aromatic carbocycles. The van der Waals surface area contributed by atoms with Gasteiger partial charge in [0.05, 0.1) is 25.3 Å². The molecule has 0 aliphatic heterocycles. The number of anilines is 1. The number of hydrogen-bond acceptors (Lipinski definition) is 4. The van der Waals surface area contributed by atoms with Crippen LogP contribution in [0, 0.1) is 0 Å². The first kappa shape index (κ1) is 15.4. The minimum atomic E-state index is -1.16. The maximum atomic E-state index is 12.3. The van der Waals surface area contributed by atoms with Crippen molar-refractivity contribution in [2.45, 2.75) is 0 Å². The van der Waals surface area contributed by atoms with E-state index in [1.807, 2.05) is 0 Å². The lowest BCUT2D eigenvalue weighted by Gasteiger charge is -2.11. The molecule has 0 radical (unpaired) electrons. The molecular formula is C16H15NO5. The lowest BCUT2D eigenvalue weighted by atomic mass is 10.1. The highest BCUT2D eigenvalue weighted by Crippen LogP contribution is 2.26. The monoisotopic (exact) mass is 301 g/mol. The van der Waals surface area contributed by atoms with Gasteiger partial charge in [0.1, 0.15) is 11.5 Å². The summed E-state index contributed by atoms with van der Waals surface area (Å²) in [7, 11) is 3.00. The minimum absolute atomic E-state index is 0.0603. The van der Waals surface area contributed by atoms with Crippen LogP contribution in [0.1, 0.15) is 20.7 Å². The Morgan fingerprint density at radius 1 is 0.955 bits per heavy atom. The average molecular weight is 301 g/mol. The van der Waals surface area contributed by atoms with Crippen molar-refractivity contribution in [2.75, 3.05) is 19.5 Å². The number of ether oxygens (including phenoxy) is 2. The van der Waals surface area contributed by atoms with Crippen molar-refractivity contribution in [3.05, 3.63) is 53.6 Å². The number of aromatic carboxylic acids is 1. The highest BCUT2D eigenvalue weighted by Gasteiger charge is 2.16. The zero-order valence-electron chi connectivity index (χ0n) is 12.1. The Labute approximate surface area is 127 Å². The van der Waals surface area contributed by atoms with Gasteiger partial charge in [-0.15, -0.1) is 0 Å². The Hall–Kier alpha value is -3.02. The molecule has 2 aromatic rings. The molecule has 2 rings (SSSR count). The topological polar surface area (TPSA) is 84.9 Å². The van der Waals surface area contributed by atoms with Gasteiger partial charge in [-0.25, -0.2) is 4.79 Å². The Bertz CT molecular complexity index is 689. The Kier molecular flexibility index (Phi) is 4.63. The van der Waals surface area contributed by atoms with Gasteiger partial charge < -0.3 is 19.9 Å². The normalized spacial score (nSPS) is 9.91. The highest BCUT2D eigenvalue weighted by atomic mass is 16.5. The van der Waals surface area contributed by atoms with Crippen LogP contribution in [0.4, 0.5) is 5.69 Å². The van der Waals surface area contributed by atoms with Crippen molar-refractivity contribution < 1.29 is 24.2 Å². The summed E-state index contributed by atoms with van der Waals surface area (Å²) in [5.74, 6) is -0.649. The number of carbonyl (C=O) groups is 2. The van der Waals surface area contributed by atoms with Crippen LogP contribution in [0.25, 0.3) is 0 Å². The highest BCUT2D eigenvalue weighted by molar-refractivity contribution is 6.10. The van der Waals surface area contributed by atoms with Crippen molar-refractivity contribution in [1.29, 1.82) is 0 Å². The summed E-state index contributed by atoms with van der Waals surface area (Å²) >= 11 is 0. The summed E-state index contributed by atoms with van der Waals surface area (Å²) in [4.78, 5) is 23.4. The first-order valence-electron chi connectivity index (χ1n) is 6.42. The van der Waals surface area contributed by atoms with Crippen LogP contribution < -0.4 is 14.8 Å². The predicted molar refractivity (Wildman–Crippen MR) is 80.9 cm³/mol. The summed E-state index contributed by atoms with van der Waals surface area (Å²) in [5.41, 5.74) is 0.466. The SMILES string of the molecule is COc1cc(NC(=O)c2ccccc2C(=O)O)cc(OC)c1. The fourth-order valence-corrected chi connectivity index (χ4v) is 1.95. The summed E-state index contributed by atoms with van der Waals surface area (Å²) in [6, 6.07) is 10.9. The van der Waals surface area contributed by atoms with Gasteiger partial charge in [0, 0.05) is 23.9 Å². The number of carboxylic acids is 1. The molecule has 0 spiro atoms. The zero-order valence-corrected chi connectivity index (χ0v) is 12.1. The molecule has 0 bridgehead atoms. The molecule has 1 amide bonds. The number of nitrogens with one attached hydrogen (secondary N) is 1. The molecule has 0 fully saturated rings. The fourth-order valence-electron chi connectivity index (χ4n) is 1.95. The third-order valence-electron chi connectivity index (χ3n) is 3.01. The van der Waals surface area contributed by atoms with Crippen LogP contribution in [-0.4, -0.2) is 31.2 Å². The maximum Gasteiger partial charge on any atom is 0.336 e. The first-order valence-corrected chi connectivity index (χ1v) is 6.42. The summed E-state index contributed by atoms with van der Waals surface area (Å²) in [6.45, 7) is 0. The van der Waals surface area contributed by atoms with Gasteiger partial charge in [0.2, 0.25) is 0 Å². The van der Waals surface area contributed by atoms with Crippen LogP contribution in [0.3, 0.4) is 0 Å². The van der Waals surface area contributed by atoms with Gasteiger partial charge in [-0.1, -0.05) is 12.1 Å². The van der Waals surface area contributed by atoms with Gasteiger partial charge in [-0.2, -0.15) is 0 Å². The quantitative estimate of drug-likeness (QED) is 0.887. The second kappa shape index (κ2) is 6.62. The number of amides is 1. The van der Waals surface area contributed by atoms with E-state index in [4.69, 9.17) is 14.6 Å². The molecule has 0 aromatic heterocycles. The van der Waals surface area contributed by atoms with E-state index in [1.54, 1.807) is 30.3 Å². The predicted octanol–water partition coefficient (Wildman–Crippen LogP) is 2.65. The first-order chi connectivity index (χ1) is 10.5. The largest absolute Gasteiger partial charge is 0.497 e. The van der Waals surface area contributed by atoms with E-state index in [9.17, 15) is 9.59 Å². The molecule has 22 heavy (non-hydrogen) atoms. The lowest BCUT2D eigenvalue weighted by molar-refractivity contribution is 0.0692. The van der Waals surface area contributed by atoms with Crippen LogP contribution in [0.2, 0.25) is 0 Å². The van der Waals surface area contributed by atoms with E-state index >= 15 is 0 Å². The summed E-state index contributed by atoms with van der Waals surface area (Å²) < 4.78 is 10.2. The van der Waals surface area contributed by atoms with E-state index in [1.165, 1.54) is 26.4 Å². The fraction of sp³-hybridized carbons (Fsp3) is 0.125.